The molecule has 0 aliphatic carbocycles. The molecular weight excluding hydrogens is 337 g/mol. The van der Waals surface area contributed by atoms with Crippen molar-refractivity contribution in [2.45, 2.75) is 32.6 Å². The summed E-state index contributed by atoms with van der Waals surface area (Å²) in [7, 11) is 0. The minimum absolute atomic E-state index is 0.000162. The Kier molecular flexibility index (Phi) is 4.65. The van der Waals surface area contributed by atoms with Gasteiger partial charge in [0.1, 0.15) is 5.82 Å². The van der Waals surface area contributed by atoms with Crippen molar-refractivity contribution in [1.82, 2.24) is 0 Å². The second-order valence-electron chi connectivity index (χ2n) is 5.59. The average molecular weight is 350 g/mol. The Morgan fingerprint density at radius 2 is 1.33 bits per heavy atom. The van der Waals surface area contributed by atoms with Crippen molar-refractivity contribution in [3.05, 3.63) is 69.5 Å². The van der Waals surface area contributed by atoms with Gasteiger partial charge in [-0.25, -0.2) is 4.39 Å². The molecule has 130 valence electrons. The van der Waals surface area contributed by atoms with Gasteiger partial charge in [0.2, 0.25) is 0 Å². The number of hydrogen-bond acceptors (Lipinski definition) is 0. The molecule has 24 heavy (non-hydrogen) atoms. The lowest BCUT2D eigenvalue weighted by atomic mass is 9.93. The summed E-state index contributed by atoms with van der Waals surface area (Å²) >= 11 is 0. The summed E-state index contributed by atoms with van der Waals surface area (Å²) in [5, 5.41) is 0. The van der Waals surface area contributed by atoms with E-state index in [4.69, 9.17) is 0 Å². The Hall–Kier alpha value is -2.05. The van der Waals surface area contributed by atoms with Gasteiger partial charge in [-0.1, -0.05) is 17.7 Å². The third kappa shape index (κ3) is 3.88. The quantitative estimate of drug-likeness (QED) is 0.577. The number of rotatable bonds is 2. The number of halogens is 7. The fourth-order valence-electron chi connectivity index (χ4n) is 2.48. The van der Waals surface area contributed by atoms with E-state index in [0.717, 1.165) is 6.07 Å². The molecule has 0 amide bonds. The Labute approximate surface area is 133 Å². The monoisotopic (exact) mass is 350 g/mol. The van der Waals surface area contributed by atoms with Gasteiger partial charge in [-0.3, -0.25) is 0 Å². The molecule has 0 unspecified atom stereocenters. The first-order valence-electron chi connectivity index (χ1n) is 6.92. The molecule has 0 N–H and O–H groups in total. The summed E-state index contributed by atoms with van der Waals surface area (Å²) in [4.78, 5) is 0. The zero-order chi connectivity index (χ0) is 18.3. The molecule has 0 spiro atoms. The molecule has 0 atom stereocenters. The van der Waals surface area contributed by atoms with E-state index in [2.05, 4.69) is 0 Å². The van der Waals surface area contributed by atoms with E-state index < -0.39 is 29.3 Å². The van der Waals surface area contributed by atoms with Gasteiger partial charge in [-0.15, -0.1) is 0 Å². The number of aryl methyl sites for hydroxylation is 2. The van der Waals surface area contributed by atoms with Crippen LogP contribution in [0.5, 0.6) is 0 Å². The third-order valence-corrected chi connectivity index (χ3v) is 3.68. The lowest BCUT2D eigenvalue weighted by molar-refractivity contribution is -0.140. The molecule has 2 rings (SSSR count). The standard InChI is InChI=1S/C17H13F7/c1-9-3-4-13(16(19,20)21)12(5-9)7-11-8-14(17(22,23)24)15(18)6-10(11)2/h3-6,8H,7H2,1-2H3. The molecule has 0 aliphatic heterocycles. The second kappa shape index (κ2) is 6.11. The minimum Gasteiger partial charge on any atom is -0.206 e. The summed E-state index contributed by atoms with van der Waals surface area (Å²) in [6.07, 6.45) is -9.90. The Morgan fingerprint density at radius 3 is 1.88 bits per heavy atom. The van der Waals surface area contributed by atoms with E-state index in [9.17, 15) is 30.7 Å². The fraction of sp³-hybridized carbons (Fsp3) is 0.294. The van der Waals surface area contributed by atoms with Crippen LogP contribution in [0.2, 0.25) is 0 Å². The van der Waals surface area contributed by atoms with Crippen molar-refractivity contribution in [1.29, 1.82) is 0 Å². The molecule has 0 saturated heterocycles. The molecule has 2 aromatic carbocycles. The SMILES string of the molecule is Cc1ccc(C(F)(F)F)c(Cc2cc(C(F)(F)F)c(F)cc2C)c1. The van der Waals surface area contributed by atoms with Gasteiger partial charge in [0.25, 0.3) is 0 Å². The van der Waals surface area contributed by atoms with Crippen LogP contribution in [0.3, 0.4) is 0 Å². The Morgan fingerprint density at radius 1 is 0.750 bits per heavy atom. The summed E-state index contributed by atoms with van der Waals surface area (Å²) in [6.45, 7) is 2.95. The van der Waals surface area contributed by atoms with E-state index in [1.807, 2.05) is 0 Å². The molecule has 7 heteroatoms. The largest absolute Gasteiger partial charge is 0.419 e. The van der Waals surface area contributed by atoms with Crippen LogP contribution in [0.1, 0.15) is 33.4 Å². The highest BCUT2D eigenvalue weighted by molar-refractivity contribution is 5.41. The molecule has 0 radical (unpaired) electrons. The molecular formula is C17H13F7. The normalized spacial score (nSPS) is 12.5. The van der Waals surface area contributed by atoms with Crippen LogP contribution in [0, 0.1) is 19.7 Å². The molecule has 0 nitrogen and oxygen atoms in total. The van der Waals surface area contributed by atoms with E-state index in [0.29, 0.717) is 17.7 Å². The lowest BCUT2D eigenvalue weighted by Crippen LogP contribution is -2.12. The first kappa shape index (κ1) is 18.3. The van der Waals surface area contributed by atoms with Crippen molar-refractivity contribution in [2.75, 3.05) is 0 Å². The summed E-state index contributed by atoms with van der Waals surface area (Å²) in [5.41, 5.74) is -1.83. The number of alkyl halides is 6. The van der Waals surface area contributed by atoms with E-state index >= 15 is 0 Å². The predicted octanol–water partition coefficient (Wildman–Crippen LogP) is 6.07. The zero-order valence-electron chi connectivity index (χ0n) is 12.7. The highest BCUT2D eigenvalue weighted by Gasteiger charge is 2.36. The van der Waals surface area contributed by atoms with Gasteiger partial charge < -0.3 is 0 Å². The maximum Gasteiger partial charge on any atom is 0.419 e. The summed E-state index contributed by atoms with van der Waals surface area (Å²) in [5.74, 6) is -1.44. The predicted molar refractivity (Wildman–Crippen MR) is 75.1 cm³/mol. The van der Waals surface area contributed by atoms with E-state index in [1.54, 1.807) is 6.92 Å². The maximum atomic E-state index is 13.5. The molecule has 0 saturated carbocycles. The topological polar surface area (TPSA) is 0 Å². The lowest BCUT2D eigenvalue weighted by Gasteiger charge is -2.16. The zero-order valence-corrected chi connectivity index (χ0v) is 12.7. The van der Waals surface area contributed by atoms with Crippen molar-refractivity contribution in [2.24, 2.45) is 0 Å². The molecule has 0 aliphatic rings. The van der Waals surface area contributed by atoms with Gasteiger partial charge >= 0.3 is 12.4 Å². The van der Waals surface area contributed by atoms with Crippen molar-refractivity contribution in [3.8, 4) is 0 Å². The third-order valence-electron chi connectivity index (χ3n) is 3.68. The van der Waals surface area contributed by atoms with Gasteiger partial charge in [0.15, 0.2) is 0 Å². The van der Waals surface area contributed by atoms with E-state index in [-0.39, 0.29) is 23.1 Å². The average Bonchev–Trinajstić information content (AvgIpc) is 2.39. The smallest absolute Gasteiger partial charge is 0.206 e. The van der Waals surface area contributed by atoms with Crippen molar-refractivity contribution < 1.29 is 30.7 Å². The minimum atomic E-state index is -4.91. The number of benzene rings is 2. The van der Waals surface area contributed by atoms with Crippen LogP contribution in [-0.4, -0.2) is 0 Å². The fourth-order valence-corrected chi connectivity index (χ4v) is 2.48. The molecule has 0 bridgehead atoms. The Balaban J connectivity index is 2.55. The van der Waals surface area contributed by atoms with Gasteiger partial charge in [0, 0.05) is 0 Å². The van der Waals surface area contributed by atoms with Crippen LogP contribution >= 0.6 is 0 Å². The second-order valence-corrected chi connectivity index (χ2v) is 5.59. The summed E-state index contributed by atoms with van der Waals surface area (Å²) < 4.78 is 91.2. The molecule has 0 fully saturated rings. The van der Waals surface area contributed by atoms with Crippen LogP contribution in [0.4, 0.5) is 30.7 Å². The maximum absolute atomic E-state index is 13.5. The van der Waals surface area contributed by atoms with Crippen LogP contribution in [0.25, 0.3) is 0 Å². The highest BCUT2D eigenvalue weighted by Crippen LogP contribution is 2.36. The first-order chi connectivity index (χ1) is 10.9. The van der Waals surface area contributed by atoms with Gasteiger partial charge in [0.05, 0.1) is 11.1 Å². The molecule has 2 aromatic rings. The Bertz CT molecular complexity index is 755. The van der Waals surface area contributed by atoms with Crippen molar-refractivity contribution in [3.63, 3.8) is 0 Å². The summed E-state index contributed by atoms with van der Waals surface area (Å²) in [6, 6.07) is 4.73. The number of hydrogen-bond donors (Lipinski definition) is 0. The first-order valence-corrected chi connectivity index (χ1v) is 6.92. The van der Waals surface area contributed by atoms with Gasteiger partial charge in [-0.2, -0.15) is 26.3 Å². The van der Waals surface area contributed by atoms with Gasteiger partial charge in [-0.05, 0) is 55.2 Å². The highest BCUT2D eigenvalue weighted by atomic mass is 19.4. The van der Waals surface area contributed by atoms with Crippen LogP contribution < -0.4 is 0 Å². The van der Waals surface area contributed by atoms with Crippen LogP contribution in [0.15, 0.2) is 30.3 Å². The molecule has 0 aromatic heterocycles. The molecule has 0 heterocycles. The van der Waals surface area contributed by atoms with Crippen molar-refractivity contribution >= 4 is 0 Å². The van der Waals surface area contributed by atoms with E-state index in [1.165, 1.54) is 19.1 Å². The van der Waals surface area contributed by atoms with Crippen LogP contribution in [-0.2, 0) is 18.8 Å².